The Morgan fingerprint density at radius 1 is 1.26 bits per heavy atom. The first kappa shape index (κ1) is 14.4. The second kappa shape index (κ2) is 6.95. The Bertz CT molecular complexity index is 389. The lowest BCUT2D eigenvalue weighted by Crippen LogP contribution is -2.34. The molecule has 2 nitrogen and oxygen atoms in total. The third-order valence-corrected chi connectivity index (χ3v) is 4.28. The van der Waals surface area contributed by atoms with E-state index < -0.39 is 0 Å². The summed E-state index contributed by atoms with van der Waals surface area (Å²) in [6.45, 7) is 9.04. The van der Waals surface area contributed by atoms with Gasteiger partial charge >= 0.3 is 0 Å². The molecule has 1 heterocycles. The molecule has 0 aliphatic carbocycles. The molecule has 0 saturated carbocycles. The predicted molar refractivity (Wildman–Crippen MR) is 83.8 cm³/mol. The van der Waals surface area contributed by atoms with Crippen molar-refractivity contribution in [1.29, 1.82) is 0 Å². The number of nitrogens with zero attached hydrogens (tertiary/aromatic N) is 1. The molecule has 2 atom stereocenters. The Labute approximate surface area is 118 Å². The predicted octanol–water partition coefficient (Wildman–Crippen LogP) is 4.13. The van der Waals surface area contributed by atoms with Crippen LogP contribution in [0.15, 0.2) is 24.3 Å². The van der Waals surface area contributed by atoms with E-state index in [4.69, 9.17) is 0 Å². The first-order chi connectivity index (χ1) is 9.24. The quantitative estimate of drug-likeness (QED) is 0.876. The summed E-state index contributed by atoms with van der Waals surface area (Å²) in [5, 5.41) is 3.55. The van der Waals surface area contributed by atoms with Crippen molar-refractivity contribution in [3.05, 3.63) is 29.8 Å². The van der Waals surface area contributed by atoms with Crippen molar-refractivity contribution < 1.29 is 0 Å². The molecule has 1 aromatic carbocycles. The number of nitrogens with one attached hydrogen (secondary N) is 1. The third-order valence-electron chi connectivity index (χ3n) is 4.28. The van der Waals surface area contributed by atoms with Crippen LogP contribution in [0.4, 0.5) is 5.69 Å². The molecule has 1 aliphatic heterocycles. The maximum atomic E-state index is 3.55. The zero-order chi connectivity index (χ0) is 13.7. The number of rotatable bonds is 4. The Balaban J connectivity index is 2.27. The van der Waals surface area contributed by atoms with Gasteiger partial charge in [0, 0.05) is 24.3 Å². The summed E-state index contributed by atoms with van der Waals surface area (Å²) < 4.78 is 0. The van der Waals surface area contributed by atoms with Crippen LogP contribution in [0.3, 0.4) is 0 Å². The highest BCUT2D eigenvalue weighted by Gasteiger charge is 2.20. The molecule has 0 aromatic heterocycles. The first-order valence-corrected chi connectivity index (χ1v) is 7.83. The molecule has 0 amide bonds. The van der Waals surface area contributed by atoms with Crippen molar-refractivity contribution in [1.82, 2.24) is 5.32 Å². The Morgan fingerprint density at radius 2 is 2.05 bits per heavy atom. The summed E-state index contributed by atoms with van der Waals surface area (Å²) in [5.74, 6) is 0. The van der Waals surface area contributed by atoms with Crippen LogP contribution >= 0.6 is 0 Å². The lowest BCUT2D eigenvalue weighted by molar-refractivity contribution is 0.582. The summed E-state index contributed by atoms with van der Waals surface area (Å²) in [4.78, 5) is 2.62. The highest BCUT2D eigenvalue weighted by molar-refractivity contribution is 5.55. The molecule has 106 valence electrons. The van der Waals surface area contributed by atoms with Crippen molar-refractivity contribution in [2.45, 2.75) is 58.5 Å². The van der Waals surface area contributed by atoms with Gasteiger partial charge in [0.25, 0.3) is 0 Å². The van der Waals surface area contributed by atoms with Gasteiger partial charge < -0.3 is 10.2 Å². The van der Waals surface area contributed by atoms with Crippen molar-refractivity contribution in [3.8, 4) is 0 Å². The molecule has 1 aliphatic rings. The van der Waals surface area contributed by atoms with E-state index >= 15 is 0 Å². The molecular weight excluding hydrogens is 232 g/mol. The Hall–Kier alpha value is -1.02. The highest BCUT2D eigenvalue weighted by atomic mass is 15.2. The van der Waals surface area contributed by atoms with Crippen LogP contribution in [-0.2, 0) is 0 Å². The van der Waals surface area contributed by atoms with E-state index in [-0.39, 0.29) is 0 Å². The highest BCUT2D eigenvalue weighted by Crippen LogP contribution is 2.30. The average molecular weight is 260 g/mol. The van der Waals surface area contributed by atoms with E-state index in [2.05, 4.69) is 55.3 Å². The maximum Gasteiger partial charge on any atom is 0.0417 e. The molecular formula is C17H28N2. The van der Waals surface area contributed by atoms with Crippen LogP contribution in [0.2, 0.25) is 0 Å². The number of para-hydroxylation sites is 1. The summed E-state index contributed by atoms with van der Waals surface area (Å²) in [5.41, 5.74) is 2.88. The summed E-state index contributed by atoms with van der Waals surface area (Å²) in [6, 6.07) is 10.0. The fraction of sp³-hybridized carbons (Fsp3) is 0.647. The summed E-state index contributed by atoms with van der Waals surface area (Å²) in [7, 11) is 0. The van der Waals surface area contributed by atoms with Gasteiger partial charge in [0.05, 0.1) is 0 Å². The average Bonchev–Trinajstić information content (AvgIpc) is 2.64. The fourth-order valence-corrected chi connectivity index (χ4v) is 3.16. The van der Waals surface area contributed by atoms with Gasteiger partial charge in [-0.25, -0.2) is 0 Å². The van der Waals surface area contributed by atoms with Gasteiger partial charge in [0.1, 0.15) is 0 Å². The van der Waals surface area contributed by atoms with Crippen molar-refractivity contribution in [2.24, 2.45) is 0 Å². The molecule has 0 spiro atoms. The van der Waals surface area contributed by atoms with Crippen LogP contribution in [-0.4, -0.2) is 19.1 Å². The second-order valence-electron chi connectivity index (χ2n) is 5.73. The largest absolute Gasteiger partial charge is 0.369 e. The third kappa shape index (κ3) is 3.50. The first-order valence-electron chi connectivity index (χ1n) is 7.83. The van der Waals surface area contributed by atoms with Crippen LogP contribution in [0.5, 0.6) is 0 Å². The molecule has 1 N–H and O–H groups in total. The normalized spacial score (nSPS) is 22.1. The molecule has 0 radical (unpaired) electrons. The van der Waals surface area contributed by atoms with Gasteiger partial charge in [-0.15, -0.1) is 0 Å². The zero-order valence-corrected chi connectivity index (χ0v) is 12.7. The van der Waals surface area contributed by atoms with Gasteiger partial charge in [-0.05, 0) is 44.9 Å². The van der Waals surface area contributed by atoms with E-state index in [0.29, 0.717) is 12.1 Å². The number of anilines is 1. The number of hydrogen-bond donors (Lipinski definition) is 1. The molecule has 2 unspecified atom stereocenters. The minimum Gasteiger partial charge on any atom is -0.369 e. The second-order valence-corrected chi connectivity index (χ2v) is 5.73. The van der Waals surface area contributed by atoms with Gasteiger partial charge in [-0.2, -0.15) is 0 Å². The van der Waals surface area contributed by atoms with E-state index in [1.54, 1.807) is 0 Å². The summed E-state index contributed by atoms with van der Waals surface area (Å²) in [6.07, 6.45) is 5.41. The fourth-order valence-electron chi connectivity index (χ4n) is 3.16. The Kier molecular flexibility index (Phi) is 5.26. The summed E-state index contributed by atoms with van der Waals surface area (Å²) >= 11 is 0. The molecule has 1 saturated heterocycles. The lowest BCUT2D eigenvalue weighted by atomic mass is 10.0. The van der Waals surface area contributed by atoms with E-state index in [1.807, 2.05) is 0 Å². The number of benzene rings is 1. The molecule has 1 aromatic rings. The standard InChI is InChI=1S/C17H28N2/c1-4-18-15(3)16-11-7-8-12-17(16)19-13-9-5-6-10-14(19)2/h7-8,11-12,14-15,18H,4-6,9-10,13H2,1-3H3. The molecule has 1 fully saturated rings. The van der Waals surface area contributed by atoms with E-state index in [9.17, 15) is 0 Å². The van der Waals surface area contributed by atoms with Crippen molar-refractivity contribution in [2.75, 3.05) is 18.0 Å². The zero-order valence-electron chi connectivity index (χ0n) is 12.7. The van der Waals surface area contributed by atoms with Crippen LogP contribution < -0.4 is 10.2 Å². The van der Waals surface area contributed by atoms with Crippen molar-refractivity contribution in [3.63, 3.8) is 0 Å². The topological polar surface area (TPSA) is 15.3 Å². The van der Waals surface area contributed by atoms with Crippen LogP contribution in [0.25, 0.3) is 0 Å². The van der Waals surface area contributed by atoms with Gasteiger partial charge in [0.15, 0.2) is 0 Å². The molecule has 2 rings (SSSR count). The molecule has 2 heteroatoms. The smallest absolute Gasteiger partial charge is 0.0417 e. The van der Waals surface area contributed by atoms with Crippen LogP contribution in [0.1, 0.15) is 58.1 Å². The van der Waals surface area contributed by atoms with Gasteiger partial charge in [-0.1, -0.05) is 38.0 Å². The monoisotopic (exact) mass is 260 g/mol. The Morgan fingerprint density at radius 3 is 2.84 bits per heavy atom. The van der Waals surface area contributed by atoms with Crippen LogP contribution in [0, 0.1) is 0 Å². The number of hydrogen-bond acceptors (Lipinski definition) is 2. The maximum absolute atomic E-state index is 3.55. The molecule has 0 bridgehead atoms. The minimum absolute atomic E-state index is 0.427. The molecule has 19 heavy (non-hydrogen) atoms. The lowest BCUT2D eigenvalue weighted by Gasteiger charge is -2.32. The van der Waals surface area contributed by atoms with E-state index in [1.165, 1.54) is 43.5 Å². The SMILES string of the molecule is CCNC(C)c1ccccc1N1CCCCCC1C. The van der Waals surface area contributed by atoms with Gasteiger partial charge in [-0.3, -0.25) is 0 Å². The van der Waals surface area contributed by atoms with Crippen molar-refractivity contribution >= 4 is 5.69 Å². The van der Waals surface area contributed by atoms with E-state index in [0.717, 1.165) is 6.54 Å². The van der Waals surface area contributed by atoms with Gasteiger partial charge in [0.2, 0.25) is 0 Å². The minimum atomic E-state index is 0.427.